The summed E-state index contributed by atoms with van der Waals surface area (Å²) in [4.78, 5) is 11.7. The molecule has 7 heteroatoms. The lowest BCUT2D eigenvalue weighted by Crippen LogP contribution is -2.22. The lowest BCUT2D eigenvalue weighted by Gasteiger charge is -2.00. The van der Waals surface area contributed by atoms with Crippen molar-refractivity contribution in [2.45, 2.75) is 6.92 Å². The largest absolute Gasteiger partial charge is 0.507 e. The van der Waals surface area contributed by atoms with Crippen molar-refractivity contribution in [3.8, 4) is 5.75 Å². The maximum absolute atomic E-state index is 11.7. The predicted molar refractivity (Wildman–Crippen MR) is 69.5 cm³/mol. The van der Waals surface area contributed by atoms with Crippen LogP contribution in [0, 0.1) is 11.7 Å². The smallest absolute Gasteiger partial charge is 0.296 e. The lowest BCUT2D eigenvalue weighted by molar-refractivity contribution is 0.474. The summed E-state index contributed by atoms with van der Waals surface area (Å²) < 4.78 is 1.11. The summed E-state index contributed by atoms with van der Waals surface area (Å²) in [6.07, 6.45) is 1.36. The van der Waals surface area contributed by atoms with Crippen LogP contribution in [-0.2, 0) is 0 Å². The van der Waals surface area contributed by atoms with Gasteiger partial charge in [0.2, 0.25) is 4.77 Å². The van der Waals surface area contributed by atoms with E-state index in [9.17, 15) is 9.90 Å². The molecule has 2 rings (SSSR count). The molecule has 6 nitrogen and oxygen atoms in total. The van der Waals surface area contributed by atoms with Crippen LogP contribution in [0.4, 0.5) is 0 Å². The van der Waals surface area contributed by atoms with Gasteiger partial charge in [-0.2, -0.15) is 14.9 Å². The second-order valence-corrected chi connectivity index (χ2v) is 3.92. The molecule has 0 saturated heterocycles. The zero-order valence-corrected chi connectivity index (χ0v) is 10.3. The molecule has 0 aliphatic heterocycles. The zero-order valence-electron chi connectivity index (χ0n) is 9.49. The number of rotatable bonds is 2. The Labute approximate surface area is 107 Å². The zero-order chi connectivity index (χ0) is 13.1. The van der Waals surface area contributed by atoms with Crippen molar-refractivity contribution < 1.29 is 5.11 Å². The number of aromatic amines is 1. The molecule has 1 heterocycles. The van der Waals surface area contributed by atoms with E-state index >= 15 is 0 Å². The standard InChI is InChI=1S/C11H10N4O2S/c1-7-10(17)15(11(18)14-13-7)12-6-8-4-2-3-5-9(8)16/h2-6,16H,1H3,(H,14,18). The topological polar surface area (TPSA) is 83.3 Å². The minimum Gasteiger partial charge on any atom is -0.507 e. The van der Waals surface area contributed by atoms with E-state index in [1.165, 1.54) is 12.3 Å². The monoisotopic (exact) mass is 262 g/mol. The molecule has 2 aromatic rings. The molecule has 0 fully saturated rings. The van der Waals surface area contributed by atoms with Crippen molar-refractivity contribution in [3.05, 3.63) is 50.6 Å². The fourth-order valence-corrected chi connectivity index (χ4v) is 1.47. The van der Waals surface area contributed by atoms with Gasteiger partial charge in [0.25, 0.3) is 5.56 Å². The first-order chi connectivity index (χ1) is 8.59. The highest BCUT2D eigenvalue weighted by Gasteiger charge is 2.01. The Hall–Kier alpha value is -2.28. The minimum absolute atomic E-state index is 0.0787. The van der Waals surface area contributed by atoms with E-state index in [1.807, 2.05) is 0 Å². The van der Waals surface area contributed by atoms with Crippen LogP contribution in [0.25, 0.3) is 0 Å². The first-order valence-electron chi connectivity index (χ1n) is 5.10. The average molecular weight is 262 g/mol. The second kappa shape index (κ2) is 4.92. The number of H-pyrrole nitrogens is 1. The van der Waals surface area contributed by atoms with Crippen LogP contribution in [0.3, 0.4) is 0 Å². The van der Waals surface area contributed by atoms with Gasteiger partial charge in [0.15, 0.2) is 0 Å². The van der Waals surface area contributed by atoms with Crippen molar-refractivity contribution in [2.24, 2.45) is 5.10 Å². The highest BCUT2D eigenvalue weighted by Crippen LogP contribution is 2.12. The summed E-state index contributed by atoms with van der Waals surface area (Å²) in [5.74, 6) is 0.0787. The summed E-state index contributed by atoms with van der Waals surface area (Å²) in [7, 11) is 0. The van der Waals surface area contributed by atoms with Gasteiger partial charge in [0.1, 0.15) is 11.4 Å². The first kappa shape index (κ1) is 12.2. The molecule has 0 spiro atoms. The van der Waals surface area contributed by atoms with Gasteiger partial charge in [-0.3, -0.25) is 9.89 Å². The van der Waals surface area contributed by atoms with Crippen molar-refractivity contribution in [1.29, 1.82) is 0 Å². The molecule has 2 N–H and O–H groups in total. The molecule has 0 radical (unpaired) electrons. The Bertz CT molecular complexity index is 717. The number of hydrogen-bond acceptors (Lipinski definition) is 5. The van der Waals surface area contributed by atoms with E-state index in [2.05, 4.69) is 15.3 Å². The number of phenolic OH excluding ortho intramolecular Hbond substituents is 1. The summed E-state index contributed by atoms with van der Waals surface area (Å²) in [5.41, 5.74) is 0.358. The number of aromatic hydroxyl groups is 1. The molecule has 0 bridgehead atoms. The summed E-state index contributed by atoms with van der Waals surface area (Å²) in [6.45, 7) is 1.56. The minimum atomic E-state index is -0.398. The van der Waals surface area contributed by atoms with Gasteiger partial charge in [-0.15, -0.1) is 0 Å². The Morgan fingerprint density at radius 2 is 2.22 bits per heavy atom. The van der Waals surface area contributed by atoms with Crippen LogP contribution >= 0.6 is 12.2 Å². The van der Waals surface area contributed by atoms with E-state index in [0.717, 1.165) is 4.68 Å². The number of benzene rings is 1. The van der Waals surface area contributed by atoms with Crippen molar-refractivity contribution >= 4 is 18.4 Å². The maximum Gasteiger partial charge on any atom is 0.296 e. The Morgan fingerprint density at radius 3 is 2.94 bits per heavy atom. The van der Waals surface area contributed by atoms with E-state index in [-0.39, 0.29) is 16.2 Å². The van der Waals surface area contributed by atoms with Gasteiger partial charge in [0.05, 0.1) is 6.21 Å². The molecule has 0 atom stereocenters. The van der Waals surface area contributed by atoms with E-state index < -0.39 is 5.56 Å². The van der Waals surface area contributed by atoms with E-state index in [4.69, 9.17) is 12.2 Å². The number of nitrogens with zero attached hydrogens (tertiary/aromatic N) is 3. The lowest BCUT2D eigenvalue weighted by atomic mass is 10.2. The summed E-state index contributed by atoms with van der Waals surface area (Å²) in [5, 5.41) is 19.7. The van der Waals surface area contributed by atoms with Crippen LogP contribution in [0.5, 0.6) is 5.75 Å². The van der Waals surface area contributed by atoms with Crippen molar-refractivity contribution in [2.75, 3.05) is 0 Å². The molecular weight excluding hydrogens is 252 g/mol. The maximum atomic E-state index is 11.7. The van der Waals surface area contributed by atoms with E-state index in [0.29, 0.717) is 5.56 Å². The van der Waals surface area contributed by atoms with Gasteiger partial charge in [0, 0.05) is 5.56 Å². The highest BCUT2D eigenvalue weighted by atomic mass is 32.1. The van der Waals surface area contributed by atoms with Gasteiger partial charge in [-0.25, -0.2) is 0 Å². The molecule has 0 amide bonds. The molecule has 0 aliphatic rings. The number of hydrogen-bond donors (Lipinski definition) is 2. The van der Waals surface area contributed by atoms with Crippen LogP contribution in [-0.4, -0.2) is 26.2 Å². The van der Waals surface area contributed by atoms with Gasteiger partial charge in [-0.1, -0.05) is 12.1 Å². The number of aromatic nitrogens is 3. The van der Waals surface area contributed by atoms with Crippen molar-refractivity contribution in [3.63, 3.8) is 0 Å². The Kier molecular flexibility index (Phi) is 3.33. The molecule has 0 aliphatic carbocycles. The molecule has 18 heavy (non-hydrogen) atoms. The average Bonchev–Trinajstić information content (AvgIpc) is 2.36. The van der Waals surface area contributed by atoms with E-state index in [1.54, 1.807) is 25.1 Å². The predicted octanol–water partition coefficient (Wildman–Crippen LogP) is 1.20. The van der Waals surface area contributed by atoms with Crippen LogP contribution < -0.4 is 5.56 Å². The normalized spacial score (nSPS) is 10.9. The number of para-hydroxylation sites is 1. The fraction of sp³-hybridized carbons (Fsp3) is 0.0909. The van der Waals surface area contributed by atoms with Crippen LogP contribution in [0.1, 0.15) is 11.3 Å². The quantitative estimate of drug-likeness (QED) is 0.629. The van der Waals surface area contributed by atoms with Gasteiger partial charge >= 0.3 is 0 Å². The molecule has 0 saturated carbocycles. The molecule has 0 unspecified atom stereocenters. The molecule has 92 valence electrons. The first-order valence-corrected chi connectivity index (χ1v) is 5.51. The summed E-state index contributed by atoms with van der Waals surface area (Å²) in [6, 6.07) is 6.65. The molecule has 1 aromatic heterocycles. The van der Waals surface area contributed by atoms with Gasteiger partial charge < -0.3 is 5.11 Å². The molecular formula is C11H10N4O2S. The van der Waals surface area contributed by atoms with Crippen LogP contribution in [0.2, 0.25) is 0 Å². The fourth-order valence-electron chi connectivity index (χ4n) is 1.29. The Balaban J connectivity index is 2.48. The third-order valence-electron chi connectivity index (χ3n) is 2.26. The third kappa shape index (κ3) is 2.35. The van der Waals surface area contributed by atoms with Crippen LogP contribution in [0.15, 0.2) is 34.2 Å². The van der Waals surface area contributed by atoms with Crippen molar-refractivity contribution in [1.82, 2.24) is 14.9 Å². The third-order valence-corrected chi connectivity index (χ3v) is 2.53. The van der Waals surface area contributed by atoms with Gasteiger partial charge in [-0.05, 0) is 31.3 Å². The number of nitrogens with one attached hydrogen (secondary N) is 1. The summed E-state index contributed by atoms with van der Waals surface area (Å²) >= 11 is 4.92. The number of aryl methyl sites for hydroxylation is 1. The number of phenols is 1. The Morgan fingerprint density at radius 1 is 1.50 bits per heavy atom. The second-order valence-electron chi connectivity index (χ2n) is 3.53. The highest BCUT2D eigenvalue weighted by molar-refractivity contribution is 7.71. The SMILES string of the molecule is Cc1n[nH]c(=S)n(N=Cc2ccccc2O)c1=O. The molecule has 1 aromatic carbocycles.